The molecule has 0 aromatic carbocycles. The largest absolute Gasteiger partial charge is 0.481 e. The first-order valence-electron chi connectivity index (χ1n) is 7.93. The van der Waals surface area contributed by atoms with Crippen LogP contribution in [0.3, 0.4) is 0 Å². The van der Waals surface area contributed by atoms with Crippen molar-refractivity contribution in [2.75, 3.05) is 20.2 Å². The van der Waals surface area contributed by atoms with Gasteiger partial charge in [0, 0.05) is 26.2 Å². The minimum Gasteiger partial charge on any atom is -0.481 e. The number of carboxylic acid groups (broad SMARTS) is 1. The number of carbonyl (C=O) groups is 2. The van der Waals surface area contributed by atoms with Crippen molar-refractivity contribution in [3.63, 3.8) is 0 Å². The molecule has 120 valence electrons. The second-order valence-electron chi connectivity index (χ2n) is 6.08. The zero-order chi connectivity index (χ0) is 15.2. The molecule has 0 spiro atoms. The van der Waals surface area contributed by atoms with Crippen LogP contribution in [0.4, 0.5) is 4.79 Å². The van der Waals surface area contributed by atoms with E-state index in [1.165, 1.54) is 0 Å². The summed E-state index contributed by atoms with van der Waals surface area (Å²) in [5, 5.41) is 12.3. The summed E-state index contributed by atoms with van der Waals surface area (Å²) < 4.78 is 5.33. The Kier molecular flexibility index (Phi) is 5.85. The number of urea groups is 1. The molecule has 2 aliphatic rings. The number of ether oxygens (including phenoxy) is 1. The lowest BCUT2D eigenvalue weighted by atomic mass is 9.95. The van der Waals surface area contributed by atoms with E-state index >= 15 is 0 Å². The molecule has 6 nitrogen and oxygen atoms in total. The first-order chi connectivity index (χ1) is 10.1. The summed E-state index contributed by atoms with van der Waals surface area (Å²) in [5.41, 5.74) is 0. The fourth-order valence-electron chi connectivity index (χ4n) is 3.34. The third kappa shape index (κ3) is 4.33. The van der Waals surface area contributed by atoms with Crippen LogP contribution in [0, 0.1) is 5.92 Å². The van der Waals surface area contributed by atoms with E-state index in [-0.39, 0.29) is 18.2 Å². The third-order valence-corrected chi connectivity index (χ3v) is 4.64. The van der Waals surface area contributed by atoms with E-state index in [2.05, 4.69) is 5.32 Å². The van der Waals surface area contributed by atoms with Crippen LogP contribution in [0.25, 0.3) is 0 Å². The second kappa shape index (κ2) is 7.64. The summed E-state index contributed by atoms with van der Waals surface area (Å²) in [4.78, 5) is 25.5. The fourth-order valence-corrected chi connectivity index (χ4v) is 3.34. The number of aliphatic carboxylic acids is 1. The summed E-state index contributed by atoms with van der Waals surface area (Å²) in [7, 11) is 1.66. The highest BCUT2D eigenvalue weighted by Crippen LogP contribution is 2.24. The highest BCUT2D eigenvalue weighted by molar-refractivity contribution is 5.77. The third-order valence-electron chi connectivity index (χ3n) is 4.64. The number of piperidine rings is 1. The van der Waals surface area contributed by atoms with Gasteiger partial charge in [0.15, 0.2) is 0 Å². The molecule has 1 saturated heterocycles. The number of methoxy groups -OCH3 is 1. The van der Waals surface area contributed by atoms with E-state index in [1.807, 2.05) is 0 Å². The molecular formula is C15H26N2O4. The van der Waals surface area contributed by atoms with Crippen LogP contribution in [0.2, 0.25) is 0 Å². The van der Waals surface area contributed by atoms with Crippen molar-refractivity contribution in [2.45, 2.75) is 57.1 Å². The van der Waals surface area contributed by atoms with Crippen LogP contribution in [0.5, 0.6) is 0 Å². The molecule has 1 aliphatic heterocycles. The smallest absolute Gasteiger partial charge is 0.317 e. The van der Waals surface area contributed by atoms with Crippen LogP contribution in [0.15, 0.2) is 0 Å². The first-order valence-corrected chi connectivity index (χ1v) is 7.93. The van der Waals surface area contributed by atoms with Gasteiger partial charge in [-0.1, -0.05) is 19.3 Å². The zero-order valence-electron chi connectivity index (χ0n) is 12.7. The van der Waals surface area contributed by atoms with Gasteiger partial charge < -0.3 is 20.1 Å². The topological polar surface area (TPSA) is 78.9 Å². The molecule has 0 bridgehead atoms. The number of nitrogens with one attached hydrogen (secondary N) is 1. The summed E-state index contributed by atoms with van der Waals surface area (Å²) in [6, 6.07) is -0.393. The van der Waals surface area contributed by atoms with Gasteiger partial charge in [0.1, 0.15) is 0 Å². The van der Waals surface area contributed by atoms with E-state index in [0.29, 0.717) is 13.0 Å². The highest BCUT2D eigenvalue weighted by Gasteiger charge is 2.32. The summed E-state index contributed by atoms with van der Waals surface area (Å²) in [6.45, 7) is 1.31. The van der Waals surface area contributed by atoms with Gasteiger partial charge in [0.25, 0.3) is 0 Å². The Balaban J connectivity index is 1.94. The highest BCUT2D eigenvalue weighted by atomic mass is 16.5. The second-order valence-corrected chi connectivity index (χ2v) is 6.08. The molecule has 2 rings (SSSR count). The maximum Gasteiger partial charge on any atom is 0.317 e. The maximum absolute atomic E-state index is 12.4. The summed E-state index contributed by atoms with van der Waals surface area (Å²) in [6.07, 6.45) is 6.36. The average Bonchev–Trinajstić information content (AvgIpc) is 2.72. The number of hydrogen-bond acceptors (Lipinski definition) is 3. The predicted molar refractivity (Wildman–Crippen MR) is 78.1 cm³/mol. The van der Waals surface area contributed by atoms with Crippen LogP contribution >= 0.6 is 0 Å². The Bertz CT molecular complexity index is 375. The molecule has 1 aliphatic carbocycles. The minimum absolute atomic E-state index is 0.0916. The molecule has 2 fully saturated rings. The van der Waals surface area contributed by atoms with Crippen LogP contribution < -0.4 is 5.32 Å². The summed E-state index contributed by atoms with van der Waals surface area (Å²) in [5.74, 6) is -1.25. The SMILES string of the molecule is COC1CCCN(C(=O)NC2CCCCCC2C(=O)O)C1. The molecule has 2 amide bonds. The minimum atomic E-state index is -0.796. The van der Waals surface area contributed by atoms with Crippen LogP contribution in [-0.2, 0) is 9.53 Å². The Morgan fingerprint density at radius 2 is 1.90 bits per heavy atom. The van der Waals surface area contributed by atoms with Crippen LogP contribution in [-0.4, -0.2) is 54.4 Å². The molecule has 0 radical (unpaired) electrons. The van der Waals surface area contributed by atoms with Crippen molar-refractivity contribution in [1.82, 2.24) is 10.2 Å². The van der Waals surface area contributed by atoms with E-state index < -0.39 is 11.9 Å². The van der Waals surface area contributed by atoms with Gasteiger partial charge in [-0.25, -0.2) is 4.79 Å². The lowest BCUT2D eigenvalue weighted by Gasteiger charge is -2.34. The number of carboxylic acids is 1. The van der Waals surface area contributed by atoms with Gasteiger partial charge in [-0.2, -0.15) is 0 Å². The number of hydrogen-bond donors (Lipinski definition) is 2. The number of amides is 2. The molecule has 3 atom stereocenters. The first kappa shape index (κ1) is 16.1. The quantitative estimate of drug-likeness (QED) is 0.779. The maximum atomic E-state index is 12.4. The Labute approximate surface area is 125 Å². The molecule has 0 aromatic rings. The van der Waals surface area contributed by atoms with Gasteiger partial charge in [-0.05, 0) is 25.7 Å². The van der Waals surface area contributed by atoms with E-state index in [1.54, 1.807) is 12.0 Å². The van der Waals surface area contributed by atoms with E-state index in [0.717, 1.165) is 45.1 Å². The Morgan fingerprint density at radius 1 is 1.14 bits per heavy atom. The fraction of sp³-hybridized carbons (Fsp3) is 0.867. The number of likely N-dealkylation sites (tertiary alicyclic amines) is 1. The van der Waals surface area contributed by atoms with Gasteiger partial charge in [-0.15, -0.1) is 0 Å². The molecule has 0 aromatic heterocycles. The van der Waals surface area contributed by atoms with Gasteiger partial charge >= 0.3 is 12.0 Å². The van der Waals surface area contributed by atoms with Gasteiger partial charge in [0.2, 0.25) is 0 Å². The van der Waals surface area contributed by atoms with Crippen molar-refractivity contribution < 1.29 is 19.4 Å². The van der Waals surface area contributed by atoms with Crippen molar-refractivity contribution in [3.8, 4) is 0 Å². The molecular weight excluding hydrogens is 272 g/mol. The number of nitrogens with zero attached hydrogens (tertiary/aromatic N) is 1. The molecule has 21 heavy (non-hydrogen) atoms. The van der Waals surface area contributed by atoms with Gasteiger partial charge in [-0.3, -0.25) is 4.79 Å². The van der Waals surface area contributed by atoms with Gasteiger partial charge in [0.05, 0.1) is 12.0 Å². The lowest BCUT2D eigenvalue weighted by Crippen LogP contribution is -2.52. The molecule has 6 heteroatoms. The standard InChI is InChI=1S/C15H26N2O4/c1-21-11-6-5-9-17(10-11)15(20)16-13-8-4-2-3-7-12(13)14(18)19/h11-13H,2-10H2,1H3,(H,16,20)(H,18,19). The number of rotatable bonds is 3. The Hall–Kier alpha value is -1.30. The number of carbonyl (C=O) groups excluding carboxylic acids is 1. The predicted octanol–water partition coefficient (Wildman–Crippen LogP) is 1.84. The van der Waals surface area contributed by atoms with Crippen molar-refractivity contribution in [2.24, 2.45) is 5.92 Å². The zero-order valence-corrected chi connectivity index (χ0v) is 12.7. The lowest BCUT2D eigenvalue weighted by molar-refractivity contribution is -0.142. The van der Waals surface area contributed by atoms with E-state index in [9.17, 15) is 14.7 Å². The molecule has 1 heterocycles. The monoisotopic (exact) mass is 298 g/mol. The Morgan fingerprint density at radius 3 is 2.62 bits per heavy atom. The average molecular weight is 298 g/mol. The van der Waals surface area contributed by atoms with Crippen LogP contribution in [0.1, 0.15) is 44.9 Å². The van der Waals surface area contributed by atoms with Crippen molar-refractivity contribution in [1.29, 1.82) is 0 Å². The van der Waals surface area contributed by atoms with E-state index in [4.69, 9.17) is 4.74 Å². The molecule has 3 unspecified atom stereocenters. The molecule has 2 N–H and O–H groups in total. The van der Waals surface area contributed by atoms with Crippen molar-refractivity contribution in [3.05, 3.63) is 0 Å². The van der Waals surface area contributed by atoms with Crippen molar-refractivity contribution >= 4 is 12.0 Å². The summed E-state index contributed by atoms with van der Waals surface area (Å²) >= 11 is 0. The normalized spacial score (nSPS) is 30.5. The molecule has 1 saturated carbocycles.